The summed E-state index contributed by atoms with van der Waals surface area (Å²) < 4.78 is 38.2. The molecule has 1 amide bonds. The maximum Gasteiger partial charge on any atom is 0.338 e. The highest BCUT2D eigenvalue weighted by Crippen LogP contribution is 2.22. The SMILES string of the molecule is CC1CN(S(=O)(=O)c2ccc(C(=O)OC(C)C(=O)N(C)c3ccccc3)cc2)CC(C)O1. The Morgan fingerprint density at radius 2 is 1.59 bits per heavy atom. The molecule has 1 heterocycles. The van der Waals surface area contributed by atoms with Gasteiger partial charge in [0.25, 0.3) is 5.91 Å². The number of esters is 1. The third-order valence-electron chi connectivity index (χ3n) is 5.22. The zero-order valence-corrected chi connectivity index (χ0v) is 19.4. The van der Waals surface area contributed by atoms with Crippen molar-refractivity contribution < 1.29 is 27.5 Å². The Kier molecular flexibility index (Phi) is 7.33. The summed E-state index contributed by atoms with van der Waals surface area (Å²) in [6, 6.07) is 14.5. The van der Waals surface area contributed by atoms with E-state index in [1.165, 1.54) is 40.4 Å². The summed E-state index contributed by atoms with van der Waals surface area (Å²) in [7, 11) is -2.10. The first kappa shape index (κ1) is 23.9. The molecule has 3 rings (SSSR count). The lowest BCUT2D eigenvalue weighted by atomic mass is 10.2. The zero-order chi connectivity index (χ0) is 23.5. The Labute approximate surface area is 188 Å². The van der Waals surface area contributed by atoms with Crippen molar-refractivity contribution in [2.75, 3.05) is 25.0 Å². The standard InChI is InChI=1S/C23H28N2O6S/c1-16-14-25(15-17(2)30-16)32(28,29)21-12-10-19(11-13-21)23(27)31-18(3)22(26)24(4)20-8-6-5-7-9-20/h5-13,16-18H,14-15H2,1-4H3. The number of rotatable bonds is 6. The minimum atomic E-state index is -3.71. The second kappa shape index (κ2) is 9.81. The van der Waals surface area contributed by atoms with Crippen LogP contribution in [0.4, 0.5) is 5.69 Å². The van der Waals surface area contributed by atoms with Crippen molar-refractivity contribution in [3.05, 3.63) is 60.2 Å². The summed E-state index contributed by atoms with van der Waals surface area (Å²) in [6.07, 6.45) is -1.40. The molecule has 32 heavy (non-hydrogen) atoms. The van der Waals surface area contributed by atoms with Crippen LogP contribution in [0, 0.1) is 0 Å². The lowest BCUT2D eigenvalue weighted by molar-refractivity contribution is -0.126. The van der Waals surface area contributed by atoms with Crippen molar-refractivity contribution in [3.8, 4) is 0 Å². The number of morpholine rings is 1. The first-order valence-electron chi connectivity index (χ1n) is 10.4. The van der Waals surface area contributed by atoms with Crippen LogP contribution in [0.2, 0.25) is 0 Å². The van der Waals surface area contributed by atoms with Crippen molar-refractivity contribution >= 4 is 27.6 Å². The Hall–Kier alpha value is -2.75. The molecule has 172 valence electrons. The smallest absolute Gasteiger partial charge is 0.338 e. The molecule has 1 saturated heterocycles. The van der Waals surface area contributed by atoms with Crippen molar-refractivity contribution in [2.24, 2.45) is 0 Å². The molecule has 0 spiro atoms. The van der Waals surface area contributed by atoms with Crippen LogP contribution in [-0.2, 0) is 24.3 Å². The van der Waals surface area contributed by atoms with E-state index in [0.717, 1.165) is 0 Å². The van der Waals surface area contributed by atoms with Crippen LogP contribution in [0.1, 0.15) is 31.1 Å². The van der Waals surface area contributed by atoms with Crippen LogP contribution in [-0.4, -0.2) is 63.0 Å². The molecule has 0 radical (unpaired) electrons. The van der Waals surface area contributed by atoms with Crippen LogP contribution in [0.25, 0.3) is 0 Å². The number of para-hydroxylation sites is 1. The largest absolute Gasteiger partial charge is 0.449 e. The van der Waals surface area contributed by atoms with Gasteiger partial charge in [-0.05, 0) is 57.2 Å². The molecule has 3 atom stereocenters. The number of anilines is 1. The molecule has 1 aliphatic rings. The lowest BCUT2D eigenvalue weighted by Gasteiger charge is -2.34. The number of benzene rings is 2. The van der Waals surface area contributed by atoms with E-state index >= 15 is 0 Å². The molecule has 0 aromatic heterocycles. The number of hydrogen-bond donors (Lipinski definition) is 0. The first-order chi connectivity index (χ1) is 15.1. The van der Waals surface area contributed by atoms with Gasteiger partial charge < -0.3 is 14.4 Å². The highest BCUT2D eigenvalue weighted by molar-refractivity contribution is 7.89. The lowest BCUT2D eigenvalue weighted by Crippen LogP contribution is -2.48. The first-order valence-corrected chi connectivity index (χ1v) is 11.8. The maximum absolute atomic E-state index is 12.9. The summed E-state index contributed by atoms with van der Waals surface area (Å²) in [5.74, 6) is -1.08. The predicted octanol–water partition coefficient (Wildman–Crippen LogP) is 2.69. The Balaban J connectivity index is 1.66. The molecular weight excluding hydrogens is 432 g/mol. The van der Waals surface area contributed by atoms with Gasteiger partial charge in [-0.15, -0.1) is 0 Å². The molecule has 3 unspecified atom stereocenters. The molecule has 1 fully saturated rings. The van der Waals surface area contributed by atoms with E-state index in [4.69, 9.17) is 9.47 Å². The minimum Gasteiger partial charge on any atom is -0.449 e. The van der Waals surface area contributed by atoms with Crippen molar-refractivity contribution in [3.63, 3.8) is 0 Å². The van der Waals surface area contributed by atoms with Gasteiger partial charge in [-0.3, -0.25) is 4.79 Å². The number of carbonyl (C=O) groups is 2. The van der Waals surface area contributed by atoms with E-state index in [2.05, 4.69) is 0 Å². The van der Waals surface area contributed by atoms with Crippen molar-refractivity contribution in [1.82, 2.24) is 4.31 Å². The van der Waals surface area contributed by atoms with Gasteiger partial charge in [0.05, 0.1) is 22.7 Å². The number of hydrogen-bond acceptors (Lipinski definition) is 6. The third kappa shape index (κ3) is 5.35. The number of ether oxygens (including phenoxy) is 2. The zero-order valence-electron chi connectivity index (χ0n) is 18.6. The summed E-state index contributed by atoms with van der Waals surface area (Å²) in [6.45, 7) is 5.69. The quantitative estimate of drug-likeness (QED) is 0.616. The molecule has 2 aromatic carbocycles. The molecule has 0 bridgehead atoms. The topological polar surface area (TPSA) is 93.2 Å². The second-order valence-electron chi connectivity index (χ2n) is 7.88. The Morgan fingerprint density at radius 3 is 2.16 bits per heavy atom. The fourth-order valence-electron chi connectivity index (χ4n) is 3.57. The summed E-state index contributed by atoms with van der Waals surface area (Å²) >= 11 is 0. The Morgan fingerprint density at radius 1 is 1.03 bits per heavy atom. The second-order valence-corrected chi connectivity index (χ2v) is 9.82. The van der Waals surface area contributed by atoms with Crippen LogP contribution >= 0.6 is 0 Å². The van der Waals surface area contributed by atoms with Crippen LogP contribution in [0.15, 0.2) is 59.5 Å². The normalized spacial score (nSPS) is 20.4. The molecular formula is C23H28N2O6S. The molecule has 0 aliphatic carbocycles. The Bertz CT molecular complexity index is 1050. The fourth-order valence-corrected chi connectivity index (χ4v) is 5.16. The van der Waals surface area contributed by atoms with Crippen molar-refractivity contribution in [2.45, 2.75) is 44.0 Å². The average Bonchev–Trinajstić information content (AvgIpc) is 2.78. The number of amides is 1. The molecule has 1 aliphatic heterocycles. The van der Waals surface area contributed by atoms with Gasteiger partial charge in [0.2, 0.25) is 10.0 Å². The fraction of sp³-hybridized carbons (Fsp3) is 0.391. The van der Waals surface area contributed by atoms with Crippen LogP contribution in [0.5, 0.6) is 0 Å². The van der Waals surface area contributed by atoms with E-state index in [-0.39, 0.29) is 41.7 Å². The van der Waals surface area contributed by atoms with Gasteiger partial charge in [0.1, 0.15) is 0 Å². The van der Waals surface area contributed by atoms with Crippen molar-refractivity contribution in [1.29, 1.82) is 0 Å². The third-order valence-corrected chi connectivity index (χ3v) is 7.07. The van der Waals surface area contributed by atoms with Gasteiger partial charge in [-0.1, -0.05) is 18.2 Å². The number of nitrogens with zero attached hydrogens (tertiary/aromatic N) is 2. The molecule has 0 saturated carbocycles. The van der Waals surface area contributed by atoms with Gasteiger partial charge >= 0.3 is 5.97 Å². The summed E-state index contributed by atoms with van der Waals surface area (Å²) in [5.41, 5.74) is 0.844. The minimum absolute atomic E-state index is 0.0864. The average molecular weight is 461 g/mol. The highest BCUT2D eigenvalue weighted by Gasteiger charge is 2.32. The molecule has 8 nitrogen and oxygen atoms in total. The van der Waals surface area contributed by atoms with E-state index in [1.54, 1.807) is 19.2 Å². The predicted molar refractivity (Wildman–Crippen MR) is 120 cm³/mol. The molecule has 9 heteroatoms. The number of sulfonamides is 1. The van der Waals surface area contributed by atoms with Crippen LogP contribution < -0.4 is 4.90 Å². The van der Waals surface area contributed by atoms with E-state index < -0.39 is 22.1 Å². The van der Waals surface area contributed by atoms with Gasteiger partial charge in [-0.2, -0.15) is 4.31 Å². The number of carbonyl (C=O) groups excluding carboxylic acids is 2. The van der Waals surface area contributed by atoms with Gasteiger partial charge in [0, 0.05) is 25.8 Å². The molecule has 2 aromatic rings. The maximum atomic E-state index is 12.9. The van der Waals surface area contributed by atoms with Gasteiger partial charge in [0.15, 0.2) is 6.10 Å². The highest BCUT2D eigenvalue weighted by atomic mass is 32.2. The summed E-state index contributed by atoms with van der Waals surface area (Å²) in [5, 5.41) is 0. The monoisotopic (exact) mass is 460 g/mol. The number of likely N-dealkylation sites (N-methyl/N-ethyl adjacent to an activating group) is 1. The summed E-state index contributed by atoms with van der Waals surface area (Å²) in [4.78, 5) is 26.6. The van der Waals surface area contributed by atoms with E-state index in [9.17, 15) is 18.0 Å². The van der Waals surface area contributed by atoms with E-state index in [1.807, 2.05) is 32.0 Å². The van der Waals surface area contributed by atoms with E-state index in [0.29, 0.717) is 5.69 Å². The van der Waals surface area contributed by atoms with Gasteiger partial charge in [-0.25, -0.2) is 13.2 Å². The molecule has 0 N–H and O–H groups in total. The van der Waals surface area contributed by atoms with Crippen LogP contribution in [0.3, 0.4) is 0 Å².